The van der Waals surface area contributed by atoms with Gasteiger partial charge in [-0.15, -0.1) is 0 Å². The van der Waals surface area contributed by atoms with Crippen molar-refractivity contribution >= 4 is 28.5 Å². The van der Waals surface area contributed by atoms with Gasteiger partial charge >= 0.3 is 5.97 Å². The Labute approximate surface area is 154 Å². The SMILES string of the molecule is Cc1ccc(-c2cc(=O)c3cccc(Cl)c3o2)c(OCCCC(=O)O)c1. The van der Waals surface area contributed by atoms with Crippen LogP contribution in [0.1, 0.15) is 18.4 Å². The van der Waals surface area contributed by atoms with Crippen molar-refractivity contribution in [2.45, 2.75) is 19.8 Å². The van der Waals surface area contributed by atoms with Crippen molar-refractivity contribution in [3.05, 3.63) is 63.3 Å². The van der Waals surface area contributed by atoms with Crippen molar-refractivity contribution in [1.29, 1.82) is 0 Å². The molecular weight excluding hydrogens is 356 g/mol. The number of halogens is 1. The maximum atomic E-state index is 12.4. The highest BCUT2D eigenvalue weighted by Crippen LogP contribution is 2.33. The molecule has 0 spiro atoms. The zero-order valence-corrected chi connectivity index (χ0v) is 14.9. The number of carboxylic acid groups (broad SMARTS) is 1. The number of hydrogen-bond acceptors (Lipinski definition) is 4. The summed E-state index contributed by atoms with van der Waals surface area (Å²) in [5, 5.41) is 9.50. The second-order valence-electron chi connectivity index (χ2n) is 5.94. The lowest BCUT2D eigenvalue weighted by molar-refractivity contribution is -0.137. The van der Waals surface area contributed by atoms with Gasteiger partial charge in [-0.25, -0.2) is 0 Å². The van der Waals surface area contributed by atoms with Gasteiger partial charge in [0.25, 0.3) is 0 Å². The summed E-state index contributed by atoms with van der Waals surface area (Å²) >= 11 is 6.17. The van der Waals surface area contributed by atoms with Crippen LogP contribution >= 0.6 is 11.6 Å². The van der Waals surface area contributed by atoms with E-state index in [2.05, 4.69) is 0 Å². The van der Waals surface area contributed by atoms with Gasteiger partial charge in [0, 0.05) is 12.5 Å². The summed E-state index contributed by atoms with van der Waals surface area (Å²) < 4.78 is 11.6. The second-order valence-corrected chi connectivity index (χ2v) is 6.34. The number of benzene rings is 2. The molecule has 26 heavy (non-hydrogen) atoms. The number of rotatable bonds is 6. The Kier molecular flexibility index (Phi) is 5.28. The lowest BCUT2D eigenvalue weighted by Crippen LogP contribution is -2.04. The van der Waals surface area contributed by atoms with Crippen LogP contribution < -0.4 is 10.2 Å². The molecule has 0 fully saturated rings. The molecule has 0 aliphatic rings. The molecule has 0 saturated heterocycles. The normalized spacial score (nSPS) is 10.8. The number of para-hydroxylation sites is 1. The number of carbonyl (C=O) groups is 1. The molecule has 0 bridgehead atoms. The fourth-order valence-corrected chi connectivity index (χ4v) is 2.85. The first-order chi connectivity index (χ1) is 12.5. The number of ether oxygens (including phenoxy) is 1. The van der Waals surface area contributed by atoms with Crippen LogP contribution in [0.25, 0.3) is 22.3 Å². The van der Waals surface area contributed by atoms with Gasteiger partial charge in [-0.05, 0) is 43.2 Å². The fraction of sp³-hybridized carbons (Fsp3) is 0.200. The summed E-state index contributed by atoms with van der Waals surface area (Å²) in [6.45, 7) is 2.17. The maximum absolute atomic E-state index is 12.4. The Morgan fingerprint density at radius 1 is 1.23 bits per heavy atom. The summed E-state index contributed by atoms with van der Waals surface area (Å²) in [6, 6.07) is 12.0. The summed E-state index contributed by atoms with van der Waals surface area (Å²) in [5.41, 5.74) is 1.73. The van der Waals surface area contributed by atoms with Crippen LogP contribution in [0.3, 0.4) is 0 Å². The summed E-state index contributed by atoms with van der Waals surface area (Å²) in [4.78, 5) is 23.0. The average Bonchev–Trinajstić information content (AvgIpc) is 2.59. The van der Waals surface area contributed by atoms with E-state index in [0.29, 0.717) is 39.5 Å². The molecule has 3 rings (SSSR count). The van der Waals surface area contributed by atoms with E-state index in [4.69, 9.17) is 25.9 Å². The second kappa shape index (κ2) is 7.62. The molecule has 0 aliphatic carbocycles. The summed E-state index contributed by atoms with van der Waals surface area (Å²) in [6.07, 6.45) is 0.415. The molecule has 0 atom stereocenters. The standard InChI is InChI=1S/C20H17ClO5/c1-12-7-8-14(17(10-12)25-9-3-6-19(23)24)18-11-16(22)13-4-2-5-15(21)20(13)26-18/h2,4-5,7-8,10-11H,3,6,9H2,1H3,(H,23,24). The molecule has 0 radical (unpaired) electrons. The quantitative estimate of drug-likeness (QED) is 0.636. The van der Waals surface area contributed by atoms with Crippen LogP contribution in [0, 0.1) is 6.92 Å². The van der Waals surface area contributed by atoms with Crippen molar-refractivity contribution in [3.8, 4) is 17.1 Å². The largest absolute Gasteiger partial charge is 0.493 e. The van der Waals surface area contributed by atoms with Crippen LogP contribution in [-0.4, -0.2) is 17.7 Å². The summed E-state index contributed by atoms with van der Waals surface area (Å²) in [7, 11) is 0. The first kappa shape index (κ1) is 18.0. The minimum Gasteiger partial charge on any atom is -0.493 e. The lowest BCUT2D eigenvalue weighted by atomic mass is 10.1. The number of carboxylic acids is 1. The van der Waals surface area contributed by atoms with Crippen molar-refractivity contribution in [3.63, 3.8) is 0 Å². The molecule has 0 amide bonds. The van der Waals surface area contributed by atoms with E-state index in [-0.39, 0.29) is 18.5 Å². The summed E-state index contributed by atoms with van der Waals surface area (Å²) in [5.74, 6) is 0.0158. The van der Waals surface area contributed by atoms with E-state index in [1.807, 2.05) is 25.1 Å². The van der Waals surface area contributed by atoms with Crippen molar-refractivity contribution in [1.82, 2.24) is 0 Å². The van der Waals surface area contributed by atoms with Crippen LogP contribution in [0.5, 0.6) is 5.75 Å². The number of hydrogen-bond donors (Lipinski definition) is 1. The molecule has 0 saturated carbocycles. The molecule has 1 heterocycles. The Hall–Kier alpha value is -2.79. The molecule has 1 aromatic heterocycles. The molecule has 2 aromatic carbocycles. The third kappa shape index (κ3) is 3.89. The first-order valence-corrected chi connectivity index (χ1v) is 8.51. The Morgan fingerprint density at radius 2 is 2.04 bits per heavy atom. The van der Waals surface area contributed by atoms with Gasteiger partial charge in [0.05, 0.1) is 22.6 Å². The van der Waals surface area contributed by atoms with Crippen LogP contribution in [0.15, 0.2) is 51.7 Å². The van der Waals surface area contributed by atoms with Gasteiger partial charge in [-0.3, -0.25) is 9.59 Å². The first-order valence-electron chi connectivity index (χ1n) is 8.13. The minimum atomic E-state index is -0.867. The van der Waals surface area contributed by atoms with E-state index in [1.165, 1.54) is 6.07 Å². The highest BCUT2D eigenvalue weighted by Gasteiger charge is 2.14. The van der Waals surface area contributed by atoms with E-state index in [1.54, 1.807) is 18.2 Å². The van der Waals surface area contributed by atoms with Gasteiger partial charge in [-0.1, -0.05) is 23.7 Å². The predicted molar refractivity (Wildman–Crippen MR) is 100 cm³/mol. The number of aryl methyl sites for hydroxylation is 1. The smallest absolute Gasteiger partial charge is 0.303 e. The zero-order chi connectivity index (χ0) is 18.7. The van der Waals surface area contributed by atoms with E-state index in [0.717, 1.165) is 5.56 Å². The van der Waals surface area contributed by atoms with E-state index in [9.17, 15) is 9.59 Å². The molecule has 5 nitrogen and oxygen atoms in total. The average molecular weight is 373 g/mol. The molecule has 134 valence electrons. The van der Waals surface area contributed by atoms with Crippen molar-refractivity contribution in [2.24, 2.45) is 0 Å². The molecule has 3 aromatic rings. The zero-order valence-electron chi connectivity index (χ0n) is 14.1. The molecule has 6 heteroatoms. The van der Waals surface area contributed by atoms with Gasteiger partial charge in [0.2, 0.25) is 0 Å². The fourth-order valence-electron chi connectivity index (χ4n) is 2.63. The van der Waals surface area contributed by atoms with Crippen molar-refractivity contribution in [2.75, 3.05) is 6.61 Å². The van der Waals surface area contributed by atoms with Crippen LogP contribution in [-0.2, 0) is 4.79 Å². The highest BCUT2D eigenvalue weighted by molar-refractivity contribution is 6.34. The number of fused-ring (bicyclic) bond motifs is 1. The molecule has 0 aliphatic heterocycles. The van der Waals surface area contributed by atoms with Gasteiger partial charge in [0.15, 0.2) is 11.0 Å². The van der Waals surface area contributed by atoms with Crippen LogP contribution in [0.4, 0.5) is 0 Å². The van der Waals surface area contributed by atoms with Crippen molar-refractivity contribution < 1.29 is 19.1 Å². The number of aliphatic carboxylic acids is 1. The Morgan fingerprint density at radius 3 is 2.81 bits per heavy atom. The van der Waals surface area contributed by atoms with Gasteiger partial charge < -0.3 is 14.3 Å². The topological polar surface area (TPSA) is 76.7 Å². The molecule has 1 N–H and O–H groups in total. The lowest BCUT2D eigenvalue weighted by Gasteiger charge is -2.12. The van der Waals surface area contributed by atoms with Gasteiger partial charge in [0.1, 0.15) is 11.5 Å². The maximum Gasteiger partial charge on any atom is 0.303 e. The molecule has 0 unspecified atom stereocenters. The van der Waals surface area contributed by atoms with Gasteiger partial charge in [-0.2, -0.15) is 0 Å². The van der Waals surface area contributed by atoms with Crippen LogP contribution in [0.2, 0.25) is 5.02 Å². The minimum absolute atomic E-state index is 0.0296. The Bertz CT molecular complexity index is 1020. The van der Waals surface area contributed by atoms with E-state index >= 15 is 0 Å². The Balaban J connectivity index is 2.01. The third-order valence-corrected chi connectivity index (χ3v) is 4.20. The highest BCUT2D eigenvalue weighted by atomic mass is 35.5. The predicted octanol–water partition coefficient (Wildman–Crippen LogP) is 4.67. The third-order valence-electron chi connectivity index (χ3n) is 3.90. The van der Waals surface area contributed by atoms with E-state index < -0.39 is 5.97 Å². The molecular formula is C20H17ClO5. The monoisotopic (exact) mass is 372 g/mol.